The Kier molecular flexibility index (Phi) is 5.32. The summed E-state index contributed by atoms with van der Waals surface area (Å²) in [6.07, 6.45) is 3.85. The quantitative estimate of drug-likeness (QED) is 0.671. The predicted octanol–water partition coefficient (Wildman–Crippen LogP) is 3.86. The van der Waals surface area contributed by atoms with Crippen LogP contribution in [0.5, 0.6) is 5.75 Å². The first-order valence-electron chi connectivity index (χ1n) is 9.13. The van der Waals surface area contributed by atoms with Crippen LogP contribution in [0.1, 0.15) is 5.56 Å². The maximum atomic E-state index is 6.31. The van der Waals surface area contributed by atoms with Gasteiger partial charge < -0.3 is 9.64 Å². The van der Waals surface area contributed by atoms with Gasteiger partial charge in [0.25, 0.3) is 0 Å². The van der Waals surface area contributed by atoms with Gasteiger partial charge in [0.2, 0.25) is 5.95 Å². The first-order valence-corrected chi connectivity index (χ1v) is 9.51. The van der Waals surface area contributed by atoms with Gasteiger partial charge in [0.05, 0.1) is 12.8 Å². The van der Waals surface area contributed by atoms with E-state index >= 15 is 0 Å². The van der Waals surface area contributed by atoms with Gasteiger partial charge in [0.15, 0.2) is 0 Å². The molecule has 5 nitrogen and oxygen atoms in total. The Hall–Kier alpha value is -2.50. The number of rotatable bonds is 5. The van der Waals surface area contributed by atoms with Gasteiger partial charge in [-0.3, -0.25) is 9.47 Å². The summed E-state index contributed by atoms with van der Waals surface area (Å²) in [5.41, 5.74) is 2.24. The average molecular weight is 383 g/mol. The highest BCUT2D eigenvalue weighted by Gasteiger charge is 2.21. The standard InChI is InChI=1S/C21H23ClN4O/c1-27-19-7-4-6-18(15-19)26-10-9-23-21(26)25-13-11-24(12-14-25)16-17-5-2-3-8-20(17)22/h2-10,15H,11-14,16H2,1H3. The van der Waals surface area contributed by atoms with E-state index in [-0.39, 0.29) is 0 Å². The van der Waals surface area contributed by atoms with Crippen molar-refractivity contribution in [3.8, 4) is 11.4 Å². The van der Waals surface area contributed by atoms with Gasteiger partial charge >= 0.3 is 0 Å². The molecule has 0 bridgehead atoms. The lowest BCUT2D eigenvalue weighted by Crippen LogP contribution is -2.46. The summed E-state index contributed by atoms with van der Waals surface area (Å²) in [5, 5.41) is 0.841. The third-order valence-corrected chi connectivity index (χ3v) is 5.33. The Balaban J connectivity index is 1.45. The second-order valence-electron chi connectivity index (χ2n) is 6.65. The van der Waals surface area contributed by atoms with Crippen molar-refractivity contribution in [2.24, 2.45) is 0 Å². The summed E-state index contributed by atoms with van der Waals surface area (Å²) in [5.74, 6) is 1.82. The lowest BCUT2D eigenvalue weighted by molar-refractivity contribution is 0.248. The second-order valence-corrected chi connectivity index (χ2v) is 7.06. The van der Waals surface area contributed by atoms with Gasteiger partial charge in [-0.25, -0.2) is 4.98 Å². The molecule has 0 saturated carbocycles. The zero-order chi connectivity index (χ0) is 18.6. The third kappa shape index (κ3) is 3.94. The topological polar surface area (TPSA) is 33.5 Å². The van der Waals surface area contributed by atoms with Crippen LogP contribution in [0.25, 0.3) is 5.69 Å². The predicted molar refractivity (Wildman–Crippen MR) is 109 cm³/mol. The van der Waals surface area contributed by atoms with Crippen molar-refractivity contribution >= 4 is 17.5 Å². The van der Waals surface area contributed by atoms with Crippen LogP contribution in [0.4, 0.5) is 5.95 Å². The van der Waals surface area contributed by atoms with Gasteiger partial charge in [-0.05, 0) is 23.8 Å². The van der Waals surface area contributed by atoms with E-state index in [0.717, 1.165) is 55.1 Å². The Bertz CT molecular complexity index is 902. The first kappa shape index (κ1) is 17.9. The Morgan fingerprint density at radius 2 is 1.85 bits per heavy atom. The van der Waals surface area contributed by atoms with Crippen molar-refractivity contribution in [1.29, 1.82) is 0 Å². The molecule has 1 aliphatic rings. The fourth-order valence-corrected chi connectivity index (χ4v) is 3.66. The number of halogens is 1. The molecular formula is C21H23ClN4O. The molecule has 0 radical (unpaired) electrons. The summed E-state index contributed by atoms with van der Waals surface area (Å²) in [4.78, 5) is 9.38. The van der Waals surface area contributed by atoms with Crippen molar-refractivity contribution in [1.82, 2.24) is 14.5 Å². The molecule has 6 heteroatoms. The smallest absolute Gasteiger partial charge is 0.210 e. The molecule has 1 aliphatic heterocycles. The summed E-state index contributed by atoms with van der Waals surface area (Å²) < 4.78 is 7.47. The van der Waals surface area contributed by atoms with Crippen molar-refractivity contribution in [2.45, 2.75) is 6.54 Å². The van der Waals surface area contributed by atoms with Crippen LogP contribution in [0.15, 0.2) is 60.9 Å². The molecule has 0 N–H and O–H groups in total. The molecule has 4 rings (SSSR count). The summed E-state index contributed by atoms with van der Waals surface area (Å²) in [7, 11) is 1.69. The molecule has 1 aromatic heterocycles. The molecule has 1 fully saturated rings. The van der Waals surface area contributed by atoms with Gasteiger partial charge in [-0.2, -0.15) is 0 Å². The minimum absolute atomic E-state index is 0.841. The van der Waals surface area contributed by atoms with Crippen LogP contribution in [-0.2, 0) is 6.54 Å². The van der Waals surface area contributed by atoms with Crippen LogP contribution in [0, 0.1) is 0 Å². The molecule has 27 heavy (non-hydrogen) atoms. The highest BCUT2D eigenvalue weighted by atomic mass is 35.5. The summed E-state index contributed by atoms with van der Waals surface area (Å²) >= 11 is 6.31. The number of ether oxygens (including phenoxy) is 1. The fraction of sp³-hybridized carbons (Fsp3) is 0.286. The number of anilines is 1. The molecular weight excluding hydrogens is 360 g/mol. The van der Waals surface area contributed by atoms with Crippen LogP contribution in [0.2, 0.25) is 5.02 Å². The molecule has 1 saturated heterocycles. The highest BCUT2D eigenvalue weighted by molar-refractivity contribution is 6.31. The van der Waals surface area contributed by atoms with Crippen LogP contribution in [-0.4, -0.2) is 47.7 Å². The third-order valence-electron chi connectivity index (χ3n) is 4.96. The molecule has 140 valence electrons. The zero-order valence-corrected chi connectivity index (χ0v) is 16.1. The molecule has 3 aromatic rings. The monoisotopic (exact) mass is 382 g/mol. The van der Waals surface area contributed by atoms with Crippen molar-refractivity contribution in [3.05, 3.63) is 71.5 Å². The lowest BCUT2D eigenvalue weighted by atomic mass is 10.2. The van der Waals surface area contributed by atoms with Gasteiger partial charge in [0, 0.05) is 56.2 Å². The Morgan fingerprint density at radius 3 is 2.63 bits per heavy atom. The van der Waals surface area contributed by atoms with Gasteiger partial charge in [0.1, 0.15) is 5.75 Å². The van der Waals surface area contributed by atoms with Gasteiger partial charge in [-0.1, -0.05) is 35.9 Å². The minimum Gasteiger partial charge on any atom is -0.497 e. The van der Waals surface area contributed by atoms with E-state index in [2.05, 4.69) is 31.5 Å². The number of hydrogen-bond donors (Lipinski definition) is 0. The number of nitrogens with zero attached hydrogens (tertiary/aromatic N) is 4. The molecule has 0 unspecified atom stereocenters. The van der Waals surface area contributed by atoms with E-state index in [1.807, 2.05) is 48.8 Å². The molecule has 0 aliphatic carbocycles. The van der Waals surface area contributed by atoms with Gasteiger partial charge in [-0.15, -0.1) is 0 Å². The van der Waals surface area contributed by atoms with Crippen LogP contribution < -0.4 is 9.64 Å². The molecule has 0 spiro atoms. The SMILES string of the molecule is COc1cccc(-n2ccnc2N2CCN(Cc3ccccc3Cl)CC2)c1. The maximum absolute atomic E-state index is 6.31. The lowest BCUT2D eigenvalue weighted by Gasteiger charge is -2.35. The Labute approximate surface area is 164 Å². The molecule has 2 aromatic carbocycles. The molecule has 0 atom stereocenters. The highest BCUT2D eigenvalue weighted by Crippen LogP contribution is 2.24. The Morgan fingerprint density at radius 1 is 1.04 bits per heavy atom. The number of benzene rings is 2. The zero-order valence-electron chi connectivity index (χ0n) is 15.4. The maximum Gasteiger partial charge on any atom is 0.210 e. The van der Waals surface area contributed by atoms with Crippen molar-refractivity contribution in [2.75, 3.05) is 38.2 Å². The van der Waals surface area contributed by atoms with Crippen LogP contribution >= 0.6 is 11.6 Å². The summed E-state index contributed by atoms with van der Waals surface area (Å²) in [6.45, 7) is 4.72. The number of methoxy groups -OCH3 is 1. The van der Waals surface area contributed by atoms with E-state index in [0.29, 0.717) is 0 Å². The van der Waals surface area contributed by atoms with Crippen molar-refractivity contribution in [3.63, 3.8) is 0 Å². The minimum atomic E-state index is 0.841. The number of hydrogen-bond acceptors (Lipinski definition) is 4. The van der Waals surface area contributed by atoms with E-state index in [4.69, 9.17) is 16.3 Å². The van der Waals surface area contributed by atoms with Crippen molar-refractivity contribution < 1.29 is 4.74 Å². The van der Waals surface area contributed by atoms with E-state index in [1.165, 1.54) is 5.56 Å². The fourth-order valence-electron chi connectivity index (χ4n) is 3.46. The van der Waals surface area contributed by atoms with E-state index < -0.39 is 0 Å². The van der Waals surface area contributed by atoms with E-state index in [9.17, 15) is 0 Å². The van der Waals surface area contributed by atoms with E-state index in [1.54, 1.807) is 7.11 Å². The average Bonchev–Trinajstić information content (AvgIpc) is 3.20. The van der Waals surface area contributed by atoms with Crippen LogP contribution in [0.3, 0.4) is 0 Å². The number of aromatic nitrogens is 2. The number of piperazine rings is 1. The molecule has 0 amide bonds. The largest absolute Gasteiger partial charge is 0.497 e. The summed E-state index contributed by atoms with van der Waals surface area (Å²) in [6, 6.07) is 16.1. The normalized spacial score (nSPS) is 15.1. The number of imidazole rings is 1. The molecule has 2 heterocycles. The first-order chi connectivity index (χ1) is 13.2. The second kappa shape index (κ2) is 8.03.